The lowest BCUT2D eigenvalue weighted by Crippen LogP contribution is -2.21. The first kappa shape index (κ1) is 16.1. The van der Waals surface area contributed by atoms with E-state index in [9.17, 15) is 5.26 Å². The molecule has 0 aromatic carbocycles. The van der Waals surface area contributed by atoms with Crippen LogP contribution in [0, 0.1) is 11.3 Å². The smallest absolute Gasteiger partial charge is 0.143 e. The van der Waals surface area contributed by atoms with Crippen LogP contribution in [0.25, 0.3) is 10.8 Å². The van der Waals surface area contributed by atoms with Gasteiger partial charge in [-0.3, -0.25) is 0 Å². The van der Waals surface area contributed by atoms with Gasteiger partial charge in [-0.25, -0.2) is 9.97 Å². The van der Waals surface area contributed by atoms with E-state index in [1.54, 1.807) is 6.07 Å². The van der Waals surface area contributed by atoms with Crippen LogP contribution < -0.4 is 16.4 Å². The Morgan fingerprint density at radius 1 is 1.08 bits per heavy atom. The van der Waals surface area contributed by atoms with Crippen molar-refractivity contribution in [2.45, 2.75) is 63.1 Å². The van der Waals surface area contributed by atoms with E-state index in [2.05, 4.69) is 26.7 Å². The van der Waals surface area contributed by atoms with Crippen molar-refractivity contribution in [3.63, 3.8) is 0 Å². The fraction of sp³-hybridized carbons (Fsp3) is 0.526. The molecule has 2 aliphatic rings. The summed E-state index contributed by atoms with van der Waals surface area (Å²) in [5, 5.41) is 18.3. The molecular formula is C19H24N6. The standard InChI is InChI=1S/C19H24N6/c20-10-16-7-12-11-22-18(23-15-6-5-13(21)8-15)9-17(12)19(25-16)24-14-3-1-2-4-14/h7,9,11,13-15H,1-6,8,21H2,(H,22,23)(H,24,25)/t13-,15-/m0/s1. The molecule has 0 radical (unpaired) electrons. The van der Waals surface area contributed by atoms with Crippen LogP contribution in [-0.4, -0.2) is 28.1 Å². The predicted octanol–water partition coefficient (Wildman–Crippen LogP) is 3.15. The minimum Gasteiger partial charge on any atom is -0.367 e. The molecule has 0 saturated heterocycles. The van der Waals surface area contributed by atoms with E-state index in [1.807, 2.05) is 12.3 Å². The van der Waals surface area contributed by atoms with Gasteiger partial charge < -0.3 is 16.4 Å². The second kappa shape index (κ2) is 6.85. The van der Waals surface area contributed by atoms with E-state index in [4.69, 9.17) is 5.73 Å². The summed E-state index contributed by atoms with van der Waals surface area (Å²) in [6.07, 6.45) is 9.79. The molecular weight excluding hydrogens is 312 g/mol. The maximum absolute atomic E-state index is 9.27. The molecule has 0 bridgehead atoms. The number of nitrogens with one attached hydrogen (secondary N) is 2. The maximum Gasteiger partial charge on any atom is 0.143 e. The molecule has 4 rings (SSSR count). The molecule has 2 heterocycles. The molecule has 2 saturated carbocycles. The van der Waals surface area contributed by atoms with E-state index in [1.165, 1.54) is 12.8 Å². The van der Waals surface area contributed by atoms with Crippen LogP contribution in [0.5, 0.6) is 0 Å². The minimum atomic E-state index is 0.289. The summed E-state index contributed by atoms with van der Waals surface area (Å²) in [6, 6.07) is 7.13. The number of pyridine rings is 2. The summed E-state index contributed by atoms with van der Waals surface area (Å²) in [5.74, 6) is 1.65. The van der Waals surface area contributed by atoms with Crippen molar-refractivity contribution in [1.29, 1.82) is 5.26 Å². The monoisotopic (exact) mass is 336 g/mol. The topological polar surface area (TPSA) is 99.7 Å². The molecule has 6 nitrogen and oxygen atoms in total. The van der Waals surface area contributed by atoms with Crippen LogP contribution in [0.3, 0.4) is 0 Å². The molecule has 2 aromatic rings. The Hall–Kier alpha value is -2.39. The van der Waals surface area contributed by atoms with Gasteiger partial charge in [-0.05, 0) is 44.2 Å². The molecule has 25 heavy (non-hydrogen) atoms. The molecule has 0 aliphatic heterocycles. The number of nitriles is 1. The number of nitrogens with zero attached hydrogens (tertiary/aromatic N) is 3. The Bertz CT molecular complexity index is 805. The van der Waals surface area contributed by atoms with Gasteiger partial charge in [-0.2, -0.15) is 5.26 Å². The van der Waals surface area contributed by atoms with Crippen LogP contribution in [0.4, 0.5) is 11.6 Å². The number of nitrogens with two attached hydrogens (primary N) is 1. The van der Waals surface area contributed by atoms with E-state index < -0.39 is 0 Å². The van der Waals surface area contributed by atoms with Gasteiger partial charge in [0.05, 0.1) is 0 Å². The van der Waals surface area contributed by atoms with Crippen LogP contribution in [0.2, 0.25) is 0 Å². The Morgan fingerprint density at radius 3 is 2.64 bits per heavy atom. The summed E-state index contributed by atoms with van der Waals surface area (Å²) < 4.78 is 0. The summed E-state index contributed by atoms with van der Waals surface area (Å²) in [5.41, 5.74) is 6.43. The van der Waals surface area contributed by atoms with Gasteiger partial charge in [0.1, 0.15) is 23.4 Å². The van der Waals surface area contributed by atoms with Gasteiger partial charge in [0, 0.05) is 35.1 Å². The zero-order valence-corrected chi connectivity index (χ0v) is 14.3. The molecule has 4 N–H and O–H groups in total. The molecule has 0 unspecified atom stereocenters. The second-order valence-corrected chi connectivity index (χ2v) is 7.30. The van der Waals surface area contributed by atoms with Gasteiger partial charge >= 0.3 is 0 Å². The fourth-order valence-corrected chi connectivity index (χ4v) is 4.01. The van der Waals surface area contributed by atoms with Gasteiger partial charge in [0.2, 0.25) is 0 Å². The highest BCUT2D eigenvalue weighted by Gasteiger charge is 2.22. The van der Waals surface area contributed by atoms with E-state index in [0.717, 1.165) is 54.5 Å². The fourth-order valence-electron chi connectivity index (χ4n) is 4.01. The highest BCUT2D eigenvalue weighted by Crippen LogP contribution is 2.29. The Labute approximate surface area is 147 Å². The lowest BCUT2D eigenvalue weighted by atomic mass is 10.1. The number of aromatic nitrogens is 2. The third-order valence-corrected chi connectivity index (χ3v) is 5.35. The molecule has 2 fully saturated rings. The average Bonchev–Trinajstić information content (AvgIpc) is 3.27. The van der Waals surface area contributed by atoms with Crippen molar-refractivity contribution in [2.75, 3.05) is 10.6 Å². The largest absolute Gasteiger partial charge is 0.367 e. The summed E-state index contributed by atoms with van der Waals surface area (Å²) >= 11 is 0. The summed E-state index contributed by atoms with van der Waals surface area (Å²) in [4.78, 5) is 9.05. The molecule has 6 heteroatoms. The van der Waals surface area contributed by atoms with Gasteiger partial charge in [0.15, 0.2) is 0 Å². The van der Waals surface area contributed by atoms with Crippen LogP contribution in [0.15, 0.2) is 18.3 Å². The normalized spacial score (nSPS) is 23.7. The van der Waals surface area contributed by atoms with Crippen molar-refractivity contribution in [3.8, 4) is 6.07 Å². The van der Waals surface area contributed by atoms with E-state index >= 15 is 0 Å². The predicted molar refractivity (Wildman–Crippen MR) is 99.4 cm³/mol. The highest BCUT2D eigenvalue weighted by atomic mass is 15.0. The van der Waals surface area contributed by atoms with E-state index in [0.29, 0.717) is 17.8 Å². The lowest BCUT2D eigenvalue weighted by molar-refractivity contribution is 0.687. The van der Waals surface area contributed by atoms with E-state index in [-0.39, 0.29) is 6.04 Å². The molecule has 0 amide bonds. The quantitative estimate of drug-likeness (QED) is 0.793. The average molecular weight is 336 g/mol. The van der Waals surface area contributed by atoms with Gasteiger partial charge in [-0.15, -0.1) is 0 Å². The molecule has 0 spiro atoms. The second-order valence-electron chi connectivity index (χ2n) is 7.30. The zero-order valence-electron chi connectivity index (χ0n) is 14.3. The first-order chi connectivity index (χ1) is 12.2. The number of rotatable bonds is 4. The number of hydrogen-bond donors (Lipinski definition) is 3. The van der Waals surface area contributed by atoms with Gasteiger partial charge in [-0.1, -0.05) is 12.8 Å². The Kier molecular flexibility index (Phi) is 4.41. The number of hydrogen-bond acceptors (Lipinski definition) is 6. The van der Waals surface area contributed by atoms with Crippen molar-refractivity contribution in [2.24, 2.45) is 5.73 Å². The number of fused-ring (bicyclic) bond motifs is 1. The van der Waals surface area contributed by atoms with Crippen molar-refractivity contribution < 1.29 is 0 Å². The molecule has 130 valence electrons. The number of anilines is 2. The third kappa shape index (κ3) is 3.52. The van der Waals surface area contributed by atoms with Crippen LogP contribution in [0.1, 0.15) is 50.6 Å². The third-order valence-electron chi connectivity index (χ3n) is 5.35. The van der Waals surface area contributed by atoms with Crippen LogP contribution >= 0.6 is 0 Å². The summed E-state index contributed by atoms with van der Waals surface area (Å²) in [7, 11) is 0. The SMILES string of the molecule is N#Cc1cc2cnc(N[C@H]3CC[C@H](N)C3)cc2c(NC2CCCC2)n1. The van der Waals surface area contributed by atoms with Crippen molar-refractivity contribution in [1.82, 2.24) is 9.97 Å². The first-order valence-electron chi connectivity index (χ1n) is 9.21. The molecule has 2 aromatic heterocycles. The Morgan fingerprint density at radius 2 is 1.92 bits per heavy atom. The first-order valence-corrected chi connectivity index (χ1v) is 9.21. The zero-order chi connectivity index (χ0) is 17.2. The van der Waals surface area contributed by atoms with Gasteiger partial charge in [0.25, 0.3) is 0 Å². The molecule has 2 aliphatic carbocycles. The van der Waals surface area contributed by atoms with Crippen molar-refractivity contribution in [3.05, 3.63) is 24.0 Å². The maximum atomic E-state index is 9.27. The van der Waals surface area contributed by atoms with Crippen LogP contribution in [-0.2, 0) is 0 Å². The Balaban J connectivity index is 1.65. The highest BCUT2D eigenvalue weighted by molar-refractivity contribution is 5.93. The summed E-state index contributed by atoms with van der Waals surface area (Å²) in [6.45, 7) is 0. The molecule has 2 atom stereocenters. The van der Waals surface area contributed by atoms with Crippen molar-refractivity contribution >= 4 is 22.4 Å². The minimum absolute atomic E-state index is 0.289. The lowest BCUT2D eigenvalue weighted by Gasteiger charge is -2.17.